The third-order valence-electron chi connectivity index (χ3n) is 2.26. The molecule has 2 N–H and O–H groups in total. The fourth-order valence-electron chi connectivity index (χ4n) is 1.40. The number of rotatable bonds is 5. The van der Waals surface area contributed by atoms with E-state index in [0.717, 1.165) is 18.8 Å². The van der Waals surface area contributed by atoms with Crippen molar-refractivity contribution >= 4 is 0 Å². The van der Waals surface area contributed by atoms with Crippen LogP contribution >= 0.6 is 0 Å². The second kappa shape index (κ2) is 3.94. The molecule has 0 spiro atoms. The molecule has 1 fully saturated rings. The zero-order valence-electron chi connectivity index (χ0n) is 6.29. The van der Waals surface area contributed by atoms with Crippen molar-refractivity contribution in [3.8, 4) is 0 Å². The van der Waals surface area contributed by atoms with E-state index in [9.17, 15) is 0 Å². The van der Waals surface area contributed by atoms with Gasteiger partial charge in [0.05, 0.1) is 0 Å². The van der Waals surface area contributed by atoms with Gasteiger partial charge in [-0.05, 0) is 37.5 Å². The molecule has 1 saturated carbocycles. The lowest BCUT2D eigenvalue weighted by Crippen LogP contribution is -2.08. The third-order valence-corrected chi connectivity index (χ3v) is 2.26. The summed E-state index contributed by atoms with van der Waals surface area (Å²) in [5.41, 5.74) is 0. The van der Waals surface area contributed by atoms with E-state index in [1.54, 1.807) is 0 Å². The minimum absolute atomic E-state index is 0.267. The molecule has 2 nitrogen and oxygen atoms in total. The van der Waals surface area contributed by atoms with Crippen LogP contribution in [0.4, 0.5) is 0 Å². The molecule has 0 radical (unpaired) electrons. The first kappa shape index (κ1) is 8.02. The molecule has 10 heavy (non-hydrogen) atoms. The highest BCUT2D eigenvalue weighted by molar-refractivity contribution is 4.80. The van der Waals surface area contributed by atoms with Gasteiger partial charge in [0.2, 0.25) is 0 Å². The summed E-state index contributed by atoms with van der Waals surface area (Å²) in [6.45, 7) is 0.577. The predicted molar refractivity (Wildman–Crippen MR) is 39.6 cm³/mol. The van der Waals surface area contributed by atoms with Gasteiger partial charge in [-0.25, -0.2) is 0 Å². The molecule has 1 aliphatic carbocycles. The van der Waals surface area contributed by atoms with Crippen LogP contribution < -0.4 is 0 Å². The van der Waals surface area contributed by atoms with Crippen molar-refractivity contribution in [2.45, 2.75) is 25.7 Å². The van der Waals surface area contributed by atoms with Crippen molar-refractivity contribution < 1.29 is 10.2 Å². The fraction of sp³-hybridized carbons (Fsp3) is 1.00. The lowest BCUT2D eigenvalue weighted by atomic mass is 9.99. The minimum atomic E-state index is 0.267. The Labute approximate surface area is 61.9 Å². The largest absolute Gasteiger partial charge is 0.396 e. The molecule has 60 valence electrons. The van der Waals surface area contributed by atoms with Gasteiger partial charge in [-0.3, -0.25) is 0 Å². The lowest BCUT2D eigenvalue weighted by Gasteiger charge is -2.10. The van der Waals surface area contributed by atoms with Crippen molar-refractivity contribution in [1.82, 2.24) is 0 Å². The summed E-state index contributed by atoms with van der Waals surface area (Å²) in [5.74, 6) is 1.25. The highest BCUT2D eigenvalue weighted by Crippen LogP contribution is 2.38. The Hall–Kier alpha value is -0.0800. The van der Waals surface area contributed by atoms with Crippen LogP contribution in [-0.4, -0.2) is 23.4 Å². The molecule has 0 bridgehead atoms. The maximum absolute atomic E-state index is 8.88. The molecule has 0 aliphatic heterocycles. The first-order valence-corrected chi connectivity index (χ1v) is 4.10. The van der Waals surface area contributed by atoms with Crippen molar-refractivity contribution in [2.24, 2.45) is 11.8 Å². The highest BCUT2D eigenvalue weighted by atomic mass is 16.3. The average molecular weight is 144 g/mol. The molecule has 0 unspecified atom stereocenters. The number of aliphatic hydroxyl groups excluding tert-OH is 2. The van der Waals surface area contributed by atoms with Gasteiger partial charge in [0.1, 0.15) is 0 Å². The van der Waals surface area contributed by atoms with Crippen molar-refractivity contribution in [2.75, 3.05) is 13.2 Å². The summed E-state index contributed by atoms with van der Waals surface area (Å²) in [6, 6.07) is 0. The van der Waals surface area contributed by atoms with Gasteiger partial charge < -0.3 is 10.2 Å². The number of hydrogen-bond acceptors (Lipinski definition) is 2. The minimum Gasteiger partial charge on any atom is -0.396 e. The number of aliphatic hydroxyl groups is 2. The second-order valence-electron chi connectivity index (χ2n) is 3.15. The van der Waals surface area contributed by atoms with E-state index in [2.05, 4.69) is 0 Å². The maximum Gasteiger partial charge on any atom is 0.0461 e. The zero-order valence-corrected chi connectivity index (χ0v) is 6.29. The summed E-state index contributed by atoms with van der Waals surface area (Å²) in [5, 5.41) is 17.4. The molecular weight excluding hydrogens is 128 g/mol. The first-order valence-electron chi connectivity index (χ1n) is 4.10. The van der Waals surface area contributed by atoms with Gasteiger partial charge in [0.15, 0.2) is 0 Å². The molecule has 0 heterocycles. The molecule has 2 heteroatoms. The van der Waals surface area contributed by atoms with Crippen molar-refractivity contribution in [3.63, 3.8) is 0 Å². The van der Waals surface area contributed by atoms with E-state index >= 15 is 0 Å². The lowest BCUT2D eigenvalue weighted by molar-refractivity contribution is 0.186. The van der Waals surface area contributed by atoms with Crippen LogP contribution in [0.1, 0.15) is 25.7 Å². The van der Waals surface area contributed by atoms with Gasteiger partial charge in [-0.1, -0.05) is 0 Å². The SMILES string of the molecule is OCCC[C@H](CO)C1CC1. The Morgan fingerprint density at radius 1 is 1.30 bits per heavy atom. The molecule has 1 atom stereocenters. The van der Waals surface area contributed by atoms with E-state index in [1.807, 2.05) is 0 Å². The maximum atomic E-state index is 8.88. The smallest absolute Gasteiger partial charge is 0.0461 e. The first-order chi connectivity index (χ1) is 4.88. The summed E-state index contributed by atoms with van der Waals surface area (Å²) in [4.78, 5) is 0. The van der Waals surface area contributed by atoms with Gasteiger partial charge in [-0.2, -0.15) is 0 Å². The highest BCUT2D eigenvalue weighted by Gasteiger charge is 2.29. The van der Waals surface area contributed by atoms with Crippen LogP contribution in [0.15, 0.2) is 0 Å². The molecule has 0 aromatic carbocycles. The van der Waals surface area contributed by atoms with Crippen molar-refractivity contribution in [3.05, 3.63) is 0 Å². The summed E-state index contributed by atoms with van der Waals surface area (Å²) < 4.78 is 0. The predicted octanol–water partition coefficient (Wildman–Crippen LogP) is 0.777. The summed E-state index contributed by atoms with van der Waals surface area (Å²) >= 11 is 0. The van der Waals surface area contributed by atoms with Crippen molar-refractivity contribution in [1.29, 1.82) is 0 Å². The van der Waals surface area contributed by atoms with E-state index in [1.165, 1.54) is 12.8 Å². The third kappa shape index (κ3) is 2.27. The van der Waals surface area contributed by atoms with Crippen LogP contribution in [0.2, 0.25) is 0 Å². The van der Waals surface area contributed by atoms with E-state index in [4.69, 9.17) is 10.2 Å². The zero-order chi connectivity index (χ0) is 7.40. The molecule has 1 aliphatic rings. The fourth-order valence-corrected chi connectivity index (χ4v) is 1.40. The second-order valence-corrected chi connectivity index (χ2v) is 3.15. The monoisotopic (exact) mass is 144 g/mol. The average Bonchev–Trinajstić information content (AvgIpc) is 2.73. The summed E-state index contributed by atoms with van der Waals surface area (Å²) in [7, 11) is 0. The van der Waals surface area contributed by atoms with Gasteiger partial charge in [-0.15, -0.1) is 0 Å². The molecule has 0 aromatic rings. The topological polar surface area (TPSA) is 40.5 Å². The Morgan fingerprint density at radius 2 is 2.00 bits per heavy atom. The summed E-state index contributed by atoms with van der Waals surface area (Å²) in [6.07, 6.45) is 4.42. The van der Waals surface area contributed by atoms with Gasteiger partial charge >= 0.3 is 0 Å². The Balaban J connectivity index is 2.07. The van der Waals surface area contributed by atoms with Gasteiger partial charge in [0, 0.05) is 13.2 Å². The van der Waals surface area contributed by atoms with Gasteiger partial charge in [0.25, 0.3) is 0 Å². The normalized spacial score (nSPS) is 21.0. The van der Waals surface area contributed by atoms with Crippen LogP contribution in [0, 0.1) is 11.8 Å². The molecule has 0 saturated heterocycles. The molecule has 1 rings (SSSR count). The Morgan fingerprint density at radius 3 is 2.40 bits per heavy atom. The Bertz CT molecular complexity index is 89.3. The number of hydrogen-bond donors (Lipinski definition) is 2. The quantitative estimate of drug-likeness (QED) is 0.598. The van der Waals surface area contributed by atoms with E-state index < -0.39 is 0 Å². The van der Waals surface area contributed by atoms with E-state index in [0.29, 0.717) is 12.5 Å². The van der Waals surface area contributed by atoms with E-state index in [-0.39, 0.29) is 6.61 Å². The molecular formula is C8H16O2. The molecule has 0 amide bonds. The van der Waals surface area contributed by atoms with Crippen LogP contribution in [0.25, 0.3) is 0 Å². The molecule has 0 aromatic heterocycles. The Kier molecular flexibility index (Phi) is 3.16. The van der Waals surface area contributed by atoms with Crippen LogP contribution in [0.5, 0.6) is 0 Å². The van der Waals surface area contributed by atoms with Crippen LogP contribution in [-0.2, 0) is 0 Å². The van der Waals surface area contributed by atoms with Crippen LogP contribution in [0.3, 0.4) is 0 Å². The standard InChI is InChI=1S/C8H16O2/c9-5-1-2-8(6-10)7-3-4-7/h7-10H,1-6H2/t8-/m1/s1.